The van der Waals surface area contributed by atoms with Gasteiger partial charge in [-0.2, -0.15) is 0 Å². The van der Waals surface area contributed by atoms with Gasteiger partial charge < -0.3 is 9.25 Å². The van der Waals surface area contributed by atoms with Crippen molar-refractivity contribution in [3.8, 4) is 0 Å². The van der Waals surface area contributed by atoms with E-state index in [4.69, 9.17) is 9.25 Å². The van der Waals surface area contributed by atoms with E-state index in [0.717, 1.165) is 19.2 Å². The fourth-order valence-electron chi connectivity index (χ4n) is 2.43. The van der Waals surface area contributed by atoms with Gasteiger partial charge in [-0.3, -0.25) is 9.59 Å². The van der Waals surface area contributed by atoms with Gasteiger partial charge >= 0.3 is 5.97 Å². The van der Waals surface area contributed by atoms with Gasteiger partial charge in [-0.05, 0) is 25.0 Å². The summed E-state index contributed by atoms with van der Waals surface area (Å²) in [7, 11) is 0. The van der Waals surface area contributed by atoms with Crippen LogP contribution >= 0.6 is 0 Å². The summed E-state index contributed by atoms with van der Waals surface area (Å²) in [6, 6.07) is 6.29. The standard InChI is InChI=1S/C15H10N2O5/c18-13-9-3-1-2-4-10(9)14(19)17(13)22-15(20)12-11(8-5-6-8)16-7-21-12/h1-4,7-8H,5-6H2. The number of benzene rings is 1. The van der Waals surface area contributed by atoms with Gasteiger partial charge in [0.2, 0.25) is 5.76 Å². The summed E-state index contributed by atoms with van der Waals surface area (Å²) in [6.07, 6.45) is 3.02. The fraction of sp³-hybridized carbons (Fsp3) is 0.200. The first kappa shape index (κ1) is 12.8. The van der Waals surface area contributed by atoms with Crippen LogP contribution in [0.3, 0.4) is 0 Å². The number of fused-ring (bicyclic) bond motifs is 1. The predicted molar refractivity (Wildman–Crippen MR) is 70.8 cm³/mol. The van der Waals surface area contributed by atoms with E-state index in [1.54, 1.807) is 12.1 Å². The van der Waals surface area contributed by atoms with Crippen LogP contribution in [0.1, 0.15) is 55.7 Å². The number of aromatic nitrogens is 1. The zero-order valence-corrected chi connectivity index (χ0v) is 11.3. The Balaban J connectivity index is 1.59. The number of carbonyl (C=O) groups is 3. The Morgan fingerprint density at radius 1 is 1.18 bits per heavy atom. The van der Waals surface area contributed by atoms with E-state index in [1.807, 2.05) is 0 Å². The molecule has 0 bridgehead atoms. The number of hydroxylamine groups is 2. The topological polar surface area (TPSA) is 89.7 Å². The molecule has 1 fully saturated rings. The van der Waals surface area contributed by atoms with Gasteiger partial charge in [-0.1, -0.05) is 17.2 Å². The third kappa shape index (κ3) is 1.82. The van der Waals surface area contributed by atoms with E-state index >= 15 is 0 Å². The van der Waals surface area contributed by atoms with Crippen LogP contribution in [0.5, 0.6) is 0 Å². The van der Waals surface area contributed by atoms with Crippen molar-refractivity contribution in [1.82, 2.24) is 10.0 Å². The highest BCUT2D eigenvalue weighted by molar-refractivity contribution is 6.21. The maximum absolute atomic E-state index is 12.2. The lowest BCUT2D eigenvalue weighted by atomic mass is 10.1. The molecule has 2 heterocycles. The minimum absolute atomic E-state index is 0.0564. The summed E-state index contributed by atoms with van der Waals surface area (Å²) in [4.78, 5) is 45.3. The molecule has 7 nitrogen and oxygen atoms in total. The highest BCUT2D eigenvalue weighted by atomic mass is 16.7. The SMILES string of the molecule is O=C(ON1C(=O)c2ccccc2C1=O)c1ocnc1C1CC1. The van der Waals surface area contributed by atoms with Crippen molar-refractivity contribution in [2.45, 2.75) is 18.8 Å². The molecule has 2 aromatic rings. The summed E-state index contributed by atoms with van der Waals surface area (Å²) >= 11 is 0. The minimum Gasteiger partial charge on any atom is -0.436 e. The Bertz CT molecular complexity index is 771. The van der Waals surface area contributed by atoms with Crippen molar-refractivity contribution in [3.63, 3.8) is 0 Å². The molecule has 0 saturated heterocycles. The van der Waals surface area contributed by atoms with Crippen molar-refractivity contribution < 1.29 is 23.6 Å². The van der Waals surface area contributed by atoms with Crippen LogP contribution in [-0.2, 0) is 4.84 Å². The molecule has 2 amide bonds. The molecule has 7 heteroatoms. The summed E-state index contributed by atoms with van der Waals surface area (Å²) < 4.78 is 5.05. The summed E-state index contributed by atoms with van der Waals surface area (Å²) in [6.45, 7) is 0. The lowest BCUT2D eigenvalue weighted by Gasteiger charge is -2.11. The van der Waals surface area contributed by atoms with Gasteiger partial charge in [0.25, 0.3) is 11.8 Å². The first-order chi connectivity index (χ1) is 10.7. The molecule has 1 aromatic carbocycles. The number of oxazole rings is 1. The Labute approximate surface area is 124 Å². The van der Waals surface area contributed by atoms with Gasteiger partial charge in [0.05, 0.1) is 16.8 Å². The molecule has 1 saturated carbocycles. The number of nitrogens with zero attached hydrogens (tertiary/aromatic N) is 2. The molecule has 1 aliphatic carbocycles. The summed E-state index contributed by atoms with van der Waals surface area (Å²) in [5, 5.41) is 0.464. The molecule has 1 aliphatic heterocycles. The van der Waals surface area contributed by atoms with E-state index in [9.17, 15) is 14.4 Å². The van der Waals surface area contributed by atoms with Crippen molar-refractivity contribution in [2.75, 3.05) is 0 Å². The molecular weight excluding hydrogens is 288 g/mol. The largest absolute Gasteiger partial charge is 0.436 e. The van der Waals surface area contributed by atoms with E-state index in [1.165, 1.54) is 12.1 Å². The Kier molecular flexibility index (Phi) is 2.62. The molecule has 0 unspecified atom stereocenters. The molecule has 4 rings (SSSR count). The first-order valence-electron chi connectivity index (χ1n) is 6.80. The van der Waals surface area contributed by atoms with E-state index in [2.05, 4.69) is 4.98 Å². The normalized spacial score (nSPS) is 16.8. The molecule has 0 radical (unpaired) electrons. The predicted octanol–water partition coefficient (Wildman–Crippen LogP) is 1.92. The van der Waals surface area contributed by atoms with Gasteiger partial charge in [-0.25, -0.2) is 9.78 Å². The minimum atomic E-state index is -0.895. The number of hydrogen-bond acceptors (Lipinski definition) is 6. The summed E-state index contributed by atoms with van der Waals surface area (Å²) in [5.41, 5.74) is 0.933. The van der Waals surface area contributed by atoms with Crippen molar-refractivity contribution in [1.29, 1.82) is 0 Å². The number of amides is 2. The molecule has 2 aliphatic rings. The first-order valence-corrected chi connectivity index (χ1v) is 6.80. The molecule has 22 heavy (non-hydrogen) atoms. The maximum atomic E-state index is 12.2. The average molecular weight is 298 g/mol. The van der Waals surface area contributed by atoms with Crippen molar-refractivity contribution in [3.05, 3.63) is 53.2 Å². The average Bonchev–Trinajstić information content (AvgIpc) is 3.22. The maximum Gasteiger partial charge on any atom is 0.401 e. The quantitative estimate of drug-likeness (QED) is 0.804. The third-order valence-electron chi connectivity index (χ3n) is 3.68. The lowest BCUT2D eigenvalue weighted by molar-refractivity contribution is -0.0604. The van der Waals surface area contributed by atoms with Crippen LogP contribution in [0.4, 0.5) is 0 Å². The van der Waals surface area contributed by atoms with Crippen molar-refractivity contribution in [2.24, 2.45) is 0 Å². The molecular formula is C15H10N2O5. The molecule has 110 valence electrons. The zero-order valence-electron chi connectivity index (χ0n) is 11.3. The number of carbonyl (C=O) groups excluding carboxylic acids is 3. The molecule has 0 atom stereocenters. The third-order valence-corrected chi connectivity index (χ3v) is 3.68. The Hall–Kier alpha value is -2.96. The fourth-order valence-corrected chi connectivity index (χ4v) is 2.43. The van der Waals surface area contributed by atoms with Crippen LogP contribution in [-0.4, -0.2) is 27.8 Å². The van der Waals surface area contributed by atoms with Crippen LogP contribution in [0.2, 0.25) is 0 Å². The van der Waals surface area contributed by atoms with Gasteiger partial charge in [0, 0.05) is 5.92 Å². The summed E-state index contributed by atoms with van der Waals surface area (Å²) in [5.74, 6) is -2.10. The second-order valence-corrected chi connectivity index (χ2v) is 5.17. The van der Waals surface area contributed by atoms with Crippen molar-refractivity contribution >= 4 is 17.8 Å². The second-order valence-electron chi connectivity index (χ2n) is 5.17. The highest BCUT2D eigenvalue weighted by Gasteiger charge is 2.40. The van der Waals surface area contributed by atoms with Crippen LogP contribution in [0.15, 0.2) is 35.1 Å². The van der Waals surface area contributed by atoms with Gasteiger partial charge in [0.15, 0.2) is 6.39 Å². The van der Waals surface area contributed by atoms with Crippen LogP contribution in [0, 0.1) is 0 Å². The lowest BCUT2D eigenvalue weighted by Crippen LogP contribution is -2.32. The number of rotatable bonds is 3. The number of imide groups is 1. The Morgan fingerprint density at radius 3 is 2.41 bits per heavy atom. The molecule has 1 aromatic heterocycles. The molecule has 0 N–H and O–H groups in total. The van der Waals surface area contributed by atoms with E-state index in [0.29, 0.717) is 10.8 Å². The smallest absolute Gasteiger partial charge is 0.401 e. The van der Waals surface area contributed by atoms with Crippen LogP contribution in [0.25, 0.3) is 0 Å². The van der Waals surface area contributed by atoms with Gasteiger partial charge in [-0.15, -0.1) is 0 Å². The Morgan fingerprint density at radius 2 is 1.82 bits per heavy atom. The zero-order chi connectivity index (χ0) is 15.3. The number of hydrogen-bond donors (Lipinski definition) is 0. The second kappa shape index (κ2) is 4.52. The van der Waals surface area contributed by atoms with E-state index in [-0.39, 0.29) is 22.8 Å². The van der Waals surface area contributed by atoms with Crippen LogP contribution < -0.4 is 0 Å². The highest BCUT2D eigenvalue weighted by Crippen LogP contribution is 2.41. The molecule has 0 spiro atoms. The monoisotopic (exact) mass is 298 g/mol. The van der Waals surface area contributed by atoms with E-state index < -0.39 is 17.8 Å². The van der Waals surface area contributed by atoms with Gasteiger partial charge in [0.1, 0.15) is 0 Å².